The van der Waals surface area contributed by atoms with E-state index in [0.29, 0.717) is 17.9 Å². The van der Waals surface area contributed by atoms with Gasteiger partial charge in [-0.25, -0.2) is 4.79 Å². The molecular formula is C12H13NO3S. The van der Waals surface area contributed by atoms with Crippen LogP contribution in [-0.4, -0.2) is 28.4 Å². The fraction of sp³-hybridized carbons (Fsp3) is 0.250. The molecule has 2 N–H and O–H groups in total. The predicted molar refractivity (Wildman–Crippen MR) is 67.9 cm³/mol. The van der Waals surface area contributed by atoms with Crippen molar-refractivity contribution >= 4 is 28.9 Å². The molecule has 0 spiro atoms. The number of nitrogens with one attached hydrogen (secondary N) is 1. The fourth-order valence-corrected chi connectivity index (χ4v) is 1.97. The van der Waals surface area contributed by atoms with Crippen LogP contribution in [0.25, 0.3) is 10.9 Å². The molecule has 0 radical (unpaired) electrons. The maximum absolute atomic E-state index is 11.6. The second-order valence-corrected chi connectivity index (χ2v) is 4.35. The Hall–Kier alpha value is -1.46. The molecule has 0 aliphatic heterocycles. The van der Waals surface area contributed by atoms with E-state index < -0.39 is 0 Å². The second-order valence-electron chi connectivity index (χ2n) is 3.54. The molecule has 1 aromatic heterocycles. The predicted octanol–water partition coefficient (Wildman–Crippen LogP) is 2.36. The summed E-state index contributed by atoms with van der Waals surface area (Å²) in [6.07, 6.45) is 0.616. The van der Waals surface area contributed by atoms with Crippen LogP contribution in [0.1, 0.15) is 16.9 Å². The standard InChI is InChI=1S/C12H13NO3S/c14-6-3-7-17-16-12(15)11-8-9-4-1-2-5-10(9)13-11/h1-2,4-5,8,13-14H,3,6-7H2. The number of aromatic nitrogens is 1. The van der Waals surface area contributed by atoms with Crippen LogP contribution in [0.3, 0.4) is 0 Å². The molecule has 0 aliphatic rings. The van der Waals surface area contributed by atoms with Gasteiger partial charge in [0.2, 0.25) is 0 Å². The molecule has 0 aliphatic carbocycles. The minimum atomic E-state index is -0.385. The monoisotopic (exact) mass is 251 g/mol. The van der Waals surface area contributed by atoms with Crippen molar-refractivity contribution in [1.82, 2.24) is 4.98 Å². The number of aliphatic hydroxyl groups excluding tert-OH is 1. The van der Waals surface area contributed by atoms with Crippen molar-refractivity contribution in [3.05, 3.63) is 36.0 Å². The van der Waals surface area contributed by atoms with Crippen molar-refractivity contribution in [1.29, 1.82) is 0 Å². The Morgan fingerprint density at radius 3 is 3.00 bits per heavy atom. The summed E-state index contributed by atoms with van der Waals surface area (Å²) < 4.78 is 5.00. The summed E-state index contributed by atoms with van der Waals surface area (Å²) >= 11 is 1.06. The first-order valence-corrected chi connectivity index (χ1v) is 6.25. The highest BCUT2D eigenvalue weighted by atomic mass is 32.2. The fourth-order valence-electron chi connectivity index (χ4n) is 1.45. The van der Waals surface area contributed by atoms with Gasteiger partial charge in [-0.1, -0.05) is 18.2 Å². The highest BCUT2D eigenvalue weighted by molar-refractivity contribution is 7.95. The average Bonchev–Trinajstić information content (AvgIpc) is 2.78. The van der Waals surface area contributed by atoms with E-state index in [1.54, 1.807) is 6.07 Å². The molecule has 5 heteroatoms. The zero-order valence-corrected chi connectivity index (χ0v) is 10.00. The zero-order valence-electron chi connectivity index (χ0n) is 9.18. The van der Waals surface area contributed by atoms with E-state index in [1.165, 1.54) is 0 Å². The molecule has 2 aromatic rings. The molecule has 1 heterocycles. The largest absolute Gasteiger partial charge is 0.396 e. The third kappa shape index (κ3) is 3.01. The van der Waals surface area contributed by atoms with E-state index in [-0.39, 0.29) is 12.6 Å². The van der Waals surface area contributed by atoms with Crippen LogP contribution in [0.2, 0.25) is 0 Å². The third-order valence-electron chi connectivity index (χ3n) is 2.27. The average molecular weight is 251 g/mol. The normalized spacial score (nSPS) is 10.6. The lowest BCUT2D eigenvalue weighted by atomic mass is 10.2. The number of aliphatic hydroxyl groups is 1. The Morgan fingerprint density at radius 2 is 2.24 bits per heavy atom. The van der Waals surface area contributed by atoms with E-state index in [2.05, 4.69) is 4.98 Å². The zero-order chi connectivity index (χ0) is 12.1. The molecule has 17 heavy (non-hydrogen) atoms. The van der Waals surface area contributed by atoms with E-state index in [4.69, 9.17) is 9.29 Å². The first kappa shape index (κ1) is 12.0. The number of aromatic amines is 1. The maximum atomic E-state index is 11.6. The van der Waals surface area contributed by atoms with Crippen LogP contribution in [0.5, 0.6) is 0 Å². The summed E-state index contributed by atoms with van der Waals surface area (Å²) in [6.45, 7) is 0.108. The molecule has 1 aromatic carbocycles. The first-order valence-electron chi connectivity index (χ1n) is 5.33. The van der Waals surface area contributed by atoms with Gasteiger partial charge in [-0.15, -0.1) is 0 Å². The Balaban J connectivity index is 1.99. The molecule has 0 unspecified atom stereocenters. The van der Waals surface area contributed by atoms with Gasteiger partial charge in [0.05, 0.1) is 12.0 Å². The van der Waals surface area contributed by atoms with E-state index in [1.807, 2.05) is 24.3 Å². The number of fused-ring (bicyclic) bond motifs is 1. The highest BCUT2D eigenvalue weighted by Crippen LogP contribution is 2.17. The highest BCUT2D eigenvalue weighted by Gasteiger charge is 2.10. The van der Waals surface area contributed by atoms with Gasteiger partial charge in [-0.05, 0) is 18.6 Å². The van der Waals surface area contributed by atoms with Crippen molar-refractivity contribution in [3.8, 4) is 0 Å². The Morgan fingerprint density at radius 1 is 1.41 bits per heavy atom. The van der Waals surface area contributed by atoms with Crippen molar-refractivity contribution in [3.63, 3.8) is 0 Å². The summed E-state index contributed by atoms with van der Waals surface area (Å²) in [5, 5.41) is 9.57. The minimum absolute atomic E-state index is 0.108. The topological polar surface area (TPSA) is 62.3 Å². The number of carbonyl (C=O) groups excluding carboxylic acids is 1. The molecule has 0 atom stereocenters. The van der Waals surface area contributed by atoms with Gasteiger partial charge in [-0.2, -0.15) is 0 Å². The summed E-state index contributed by atoms with van der Waals surface area (Å²) in [5.74, 6) is 0.215. The number of rotatable bonds is 5. The lowest BCUT2D eigenvalue weighted by molar-refractivity contribution is 0.0762. The number of para-hydroxylation sites is 1. The molecular weight excluding hydrogens is 238 g/mol. The summed E-state index contributed by atoms with van der Waals surface area (Å²) in [6, 6.07) is 9.43. The van der Waals surface area contributed by atoms with Crippen molar-refractivity contribution in [2.45, 2.75) is 6.42 Å². The lowest BCUT2D eigenvalue weighted by Gasteiger charge is -1.99. The Bertz CT molecular complexity index is 476. The van der Waals surface area contributed by atoms with Gasteiger partial charge < -0.3 is 14.3 Å². The van der Waals surface area contributed by atoms with Gasteiger partial charge in [0.1, 0.15) is 5.69 Å². The SMILES string of the molecule is O=C(OSCCCO)c1cc2ccccc2[nH]1. The molecule has 90 valence electrons. The molecule has 0 saturated heterocycles. The van der Waals surface area contributed by atoms with Crippen molar-refractivity contribution in [2.24, 2.45) is 0 Å². The maximum Gasteiger partial charge on any atom is 0.366 e. The van der Waals surface area contributed by atoms with Crippen molar-refractivity contribution in [2.75, 3.05) is 12.4 Å². The number of carbonyl (C=O) groups is 1. The van der Waals surface area contributed by atoms with Gasteiger partial charge in [0, 0.05) is 23.3 Å². The molecule has 0 saturated carbocycles. The molecule has 4 nitrogen and oxygen atoms in total. The summed E-state index contributed by atoms with van der Waals surface area (Å²) in [7, 11) is 0. The second kappa shape index (κ2) is 5.75. The van der Waals surface area contributed by atoms with Gasteiger partial charge in [-0.3, -0.25) is 0 Å². The van der Waals surface area contributed by atoms with Gasteiger partial charge >= 0.3 is 5.97 Å². The quantitative estimate of drug-likeness (QED) is 0.632. The molecule has 0 bridgehead atoms. The van der Waals surface area contributed by atoms with Crippen LogP contribution in [-0.2, 0) is 4.18 Å². The van der Waals surface area contributed by atoms with E-state index in [0.717, 1.165) is 22.9 Å². The summed E-state index contributed by atoms with van der Waals surface area (Å²) in [5.41, 5.74) is 1.36. The van der Waals surface area contributed by atoms with Crippen LogP contribution < -0.4 is 0 Å². The van der Waals surface area contributed by atoms with Crippen molar-refractivity contribution < 1.29 is 14.1 Å². The number of H-pyrrole nitrogens is 1. The third-order valence-corrected chi connectivity index (χ3v) is 2.99. The first-order chi connectivity index (χ1) is 8.31. The number of hydrogen-bond acceptors (Lipinski definition) is 4. The van der Waals surface area contributed by atoms with Crippen LogP contribution in [0, 0.1) is 0 Å². The van der Waals surface area contributed by atoms with Gasteiger partial charge in [0.15, 0.2) is 0 Å². The number of hydrogen-bond donors (Lipinski definition) is 2. The van der Waals surface area contributed by atoms with Crippen LogP contribution >= 0.6 is 12.0 Å². The Kier molecular flexibility index (Phi) is 4.06. The minimum Gasteiger partial charge on any atom is -0.396 e. The molecule has 2 rings (SSSR count). The number of benzene rings is 1. The van der Waals surface area contributed by atoms with E-state index >= 15 is 0 Å². The van der Waals surface area contributed by atoms with Crippen LogP contribution in [0.4, 0.5) is 0 Å². The van der Waals surface area contributed by atoms with E-state index in [9.17, 15) is 4.79 Å². The summed E-state index contributed by atoms with van der Waals surface area (Å²) in [4.78, 5) is 14.6. The van der Waals surface area contributed by atoms with Gasteiger partial charge in [0.25, 0.3) is 0 Å². The van der Waals surface area contributed by atoms with Crippen LogP contribution in [0.15, 0.2) is 30.3 Å². The lowest BCUT2D eigenvalue weighted by Crippen LogP contribution is -2.01. The molecule has 0 amide bonds. The Labute approximate surface area is 103 Å². The smallest absolute Gasteiger partial charge is 0.366 e. The molecule has 0 fully saturated rings.